The average molecular weight is 548 g/mol. The zero-order chi connectivity index (χ0) is 28.0. The van der Waals surface area contributed by atoms with E-state index >= 15 is 0 Å². The number of aromatic nitrogens is 2. The monoisotopic (exact) mass is 547 g/mol. The van der Waals surface area contributed by atoms with Gasteiger partial charge in [-0.25, -0.2) is 4.98 Å². The number of Topliss-reactive ketones (excluding diaryl/α,β-unsaturated/α-hetero) is 1. The van der Waals surface area contributed by atoms with Gasteiger partial charge in [-0.15, -0.1) is 0 Å². The van der Waals surface area contributed by atoms with Gasteiger partial charge in [-0.3, -0.25) is 14.5 Å². The first-order chi connectivity index (χ1) is 18.7. The highest BCUT2D eigenvalue weighted by molar-refractivity contribution is 6.51. The molecule has 1 amide bonds. The van der Waals surface area contributed by atoms with Gasteiger partial charge in [-0.2, -0.15) is 0 Å². The highest BCUT2D eigenvalue weighted by Crippen LogP contribution is 2.44. The van der Waals surface area contributed by atoms with Crippen molar-refractivity contribution < 1.29 is 28.9 Å². The summed E-state index contributed by atoms with van der Waals surface area (Å²) in [7, 11) is 4.41. The number of nitrogens with zero attached hydrogens (tertiary/aromatic N) is 2. The van der Waals surface area contributed by atoms with Crippen molar-refractivity contribution >= 4 is 46.0 Å². The zero-order valence-electron chi connectivity index (χ0n) is 22.0. The molecule has 1 saturated heterocycles. The van der Waals surface area contributed by atoms with Crippen molar-refractivity contribution in [2.45, 2.75) is 19.9 Å². The number of hydrogen-bond acceptors (Lipinski definition) is 7. The lowest BCUT2D eigenvalue weighted by atomic mass is 9.95. The molecule has 1 aliphatic rings. The molecule has 2 N–H and O–H groups in total. The summed E-state index contributed by atoms with van der Waals surface area (Å²) >= 11 is 6.35. The van der Waals surface area contributed by atoms with Gasteiger partial charge in [0, 0.05) is 6.07 Å². The van der Waals surface area contributed by atoms with Crippen LogP contribution in [0.2, 0.25) is 5.02 Å². The van der Waals surface area contributed by atoms with E-state index in [0.717, 1.165) is 11.1 Å². The fourth-order valence-electron chi connectivity index (χ4n) is 4.71. The maximum absolute atomic E-state index is 13.6. The van der Waals surface area contributed by atoms with Crippen LogP contribution in [0.25, 0.3) is 16.8 Å². The SMILES string of the molecule is COc1ccc(C2/C(=C(\O)c3cc(Cl)c(OC)cc3OC)C(=O)C(=O)N2c2nc3cc(C)c(C)cc3[nH]2)cc1. The van der Waals surface area contributed by atoms with Crippen LogP contribution in [0.1, 0.15) is 28.3 Å². The van der Waals surface area contributed by atoms with Crippen LogP contribution in [0.15, 0.2) is 54.1 Å². The topological polar surface area (TPSA) is 114 Å². The molecular weight excluding hydrogens is 522 g/mol. The van der Waals surface area contributed by atoms with Crippen molar-refractivity contribution in [3.8, 4) is 17.2 Å². The predicted molar refractivity (Wildman–Crippen MR) is 148 cm³/mol. The molecule has 0 spiro atoms. The lowest BCUT2D eigenvalue weighted by Crippen LogP contribution is -2.30. The number of aromatic amines is 1. The first-order valence-corrected chi connectivity index (χ1v) is 12.4. The Kier molecular flexibility index (Phi) is 6.69. The number of aliphatic hydroxyl groups excluding tert-OH is 1. The molecule has 9 nitrogen and oxygen atoms in total. The second kappa shape index (κ2) is 9.99. The summed E-state index contributed by atoms with van der Waals surface area (Å²) in [5.74, 6) is -0.863. The summed E-state index contributed by atoms with van der Waals surface area (Å²) in [6, 6.07) is 12.6. The minimum atomic E-state index is -1.01. The molecule has 1 aromatic heterocycles. The van der Waals surface area contributed by atoms with Crippen molar-refractivity contribution in [1.29, 1.82) is 0 Å². The second-order valence-corrected chi connectivity index (χ2v) is 9.55. The molecule has 4 aromatic rings. The summed E-state index contributed by atoms with van der Waals surface area (Å²) in [5.41, 5.74) is 4.00. The fourth-order valence-corrected chi connectivity index (χ4v) is 4.95. The Hall–Kier alpha value is -4.50. The average Bonchev–Trinajstić information content (AvgIpc) is 3.45. The Bertz CT molecular complexity index is 1620. The summed E-state index contributed by atoms with van der Waals surface area (Å²) in [4.78, 5) is 36.2. The van der Waals surface area contributed by atoms with Gasteiger partial charge in [-0.05, 0) is 60.9 Å². The number of aryl methyl sites for hydroxylation is 2. The number of imidazole rings is 1. The van der Waals surface area contributed by atoms with E-state index in [9.17, 15) is 14.7 Å². The van der Waals surface area contributed by atoms with E-state index in [1.54, 1.807) is 31.4 Å². The maximum atomic E-state index is 13.6. The molecule has 1 fully saturated rings. The van der Waals surface area contributed by atoms with Crippen molar-refractivity contribution in [2.75, 3.05) is 26.2 Å². The number of ether oxygens (including phenoxy) is 3. The number of ketones is 1. The third-order valence-electron chi connectivity index (χ3n) is 6.92. The number of H-pyrrole nitrogens is 1. The van der Waals surface area contributed by atoms with Gasteiger partial charge < -0.3 is 24.3 Å². The first kappa shape index (κ1) is 26.1. The third-order valence-corrected chi connectivity index (χ3v) is 7.21. The van der Waals surface area contributed by atoms with Crippen LogP contribution in [0.4, 0.5) is 5.95 Å². The Labute approximate surface area is 229 Å². The van der Waals surface area contributed by atoms with Crippen LogP contribution in [-0.4, -0.2) is 48.1 Å². The highest BCUT2D eigenvalue weighted by atomic mass is 35.5. The molecule has 0 saturated carbocycles. The lowest BCUT2D eigenvalue weighted by molar-refractivity contribution is -0.132. The van der Waals surface area contributed by atoms with Crippen LogP contribution in [0.3, 0.4) is 0 Å². The smallest absolute Gasteiger partial charge is 0.302 e. The van der Waals surface area contributed by atoms with E-state index in [4.69, 9.17) is 25.8 Å². The van der Waals surface area contributed by atoms with Gasteiger partial charge in [-0.1, -0.05) is 23.7 Å². The normalized spacial score (nSPS) is 16.7. The van der Waals surface area contributed by atoms with Crippen LogP contribution in [-0.2, 0) is 9.59 Å². The van der Waals surface area contributed by atoms with Crippen LogP contribution in [0.5, 0.6) is 17.2 Å². The first-order valence-electron chi connectivity index (χ1n) is 12.0. The van der Waals surface area contributed by atoms with Crippen LogP contribution >= 0.6 is 11.6 Å². The number of carbonyl (C=O) groups excluding carboxylic acids is 2. The van der Waals surface area contributed by atoms with E-state index in [1.807, 2.05) is 26.0 Å². The van der Waals surface area contributed by atoms with Crippen molar-refractivity contribution in [3.05, 3.63) is 81.4 Å². The molecule has 200 valence electrons. The Morgan fingerprint density at radius 2 is 1.62 bits per heavy atom. The number of aliphatic hydroxyl groups is 1. The maximum Gasteiger partial charge on any atom is 0.302 e. The van der Waals surface area contributed by atoms with Gasteiger partial charge in [0.1, 0.15) is 23.0 Å². The molecule has 0 aliphatic carbocycles. The summed E-state index contributed by atoms with van der Waals surface area (Å²) in [5, 5.41) is 11.8. The standard InChI is InChI=1S/C29H26ClN3O6/c1-14-10-20-21(11-15(14)2)32-29(31-20)33-25(16-6-8-17(37-3)9-7-16)24(27(35)28(33)36)26(34)18-12-19(30)23(39-5)13-22(18)38-4/h6-13,25,34H,1-5H3,(H,31,32)/b26-24+. The molecule has 2 heterocycles. The number of anilines is 1. The summed E-state index contributed by atoms with van der Waals surface area (Å²) in [6.07, 6.45) is 0. The minimum absolute atomic E-state index is 0.135. The fraction of sp³-hybridized carbons (Fsp3) is 0.207. The largest absolute Gasteiger partial charge is 0.507 e. The number of fused-ring (bicyclic) bond motifs is 1. The molecule has 39 heavy (non-hydrogen) atoms. The summed E-state index contributed by atoms with van der Waals surface area (Å²) in [6.45, 7) is 3.95. The van der Waals surface area contributed by atoms with E-state index < -0.39 is 23.5 Å². The van der Waals surface area contributed by atoms with Crippen molar-refractivity contribution in [1.82, 2.24) is 9.97 Å². The van der Waals surface area contributed by atoms with E-state index in [2.05, 4.69) is 9.97 Å². The van der Waals surface area contributed by atoms with E-state index in [-0.39, 0.29) is 27.9 Å². The molecule has 1 atom stereocenters. The van der Waals surface area contributed by atoms with Gasteiger partial charge >= 0.3 is 5.91 Å². The molecular formula is C29H26ClN3O6. The van der Waals surface area contributed by atoms with Gasteiger partial charge in [0.2, 0.25) is 5.95 Å². The molecule has 5 rings (SSSR count). The number of rotatable bonds is 6. The molecule has 0 bridgehead atoms. The molecule has 3 aromatic carbocycles. The molecule has 1 unspecified atom stereocenters. The third kappa shape index (κ3) is 4.34. The minimum Gasteiger partial charge on any atom is -0.507 e. The number of amides is 1. The number of halogens is 1. The number of methoxy groups -OCH3 is 3. The summed E-state index contributed by atoms with van der Waals surface area (Å²) < 4.78 is 16.0. The zero-order valence-corrected chi connectivity index (χ0v) is 22.7. The van der Waals surface area contributed by atoms with Crippen LogP contribution in [0, 0.1) is 13.8 Å². The quantitative estimate of drug-likeness (QED) is 0.186. The van der Waals surface area contributed by atoms with E-state index in [0.29, 0.717) is 28.1 Å². The van der Waals surface area contributed by atoms with Crippen molar-refractivity contribution in [2.24, 2.45) is 0 Å². The van der Waals surface area contributed by atoms with Gasteiger partial charge in [0.25, 0.3) is 5.78 Å². The van der Waals surface area contributed by atoms with Gasteiger partial charge in [0.15, 0.2) is 0 Å². The molecule has 10 heteroatoms. The van der Waals surface area contributed by atoms with E-state index in [1.165, 1.54) is 31.3 Å². The number of nitrogens with one attached hydrogen (secondary N) is 1. The van der Waals surface area contributed by atoms with Crippen molar-refractivity contribution in [3.63, 3.8) is 0 Å². The Balaban J connectivity index is 1.75. The molecule has 0 radical (unpaired) electrons. The second-order valence-electron chi connectivity index (χ2n) is 9.14. The molecule has 1 aliphatic heterocycles. The number of benzene rings is 3. The van der Waals surface area contributed by atoms with Gasteiger partial charge in [0.05, 0.1) is 54.6 Å². The number of carbonyl (C=O) groups is 2. The van der Waals surface area contributed by atoms with Crippen LogP contribution < -0.4 is 19.1 Å². The highest BCUT2D eigenvalue weighted by Gasteiger charge is 2.48. The Morgan fingerprint density at radius 1 is 0.949 bits per heavy atom. The lowest BCUT2D eigenvalue weighted by Gasteiger charge is -2.23. The number of hydrogen-bond donors (Lipinski definition) is 2. The predicted octanol–water partition coefficient (Wildman–Crippen LogP) is 5.49. The Morgan fingerprint density at radius 3 is 2.26 bits per heavy atom.